The van der Waals surface area contributed by atoms with E-state index in [-0.39, 0.29) is 5.97 Å². The third kappa shape index (κ3) is 2.51. The van der Waals surface area contributed by atoms with E-state index in [1.165, 1.54) is 5.19 Å². The molecule has 0 spiro atoms. The maximum Gasteiger partial charge on any atom is 0.305 e. The molecule has 2 atom stereocenters. The number of carbonyl (C=O) groups is 1. The van der Waals surface area contributed by atoms with Crippen LogP contribution >= 0.6 is 0 Å². The van der Waals surface area contributed by atoms with Gasteiger partial charge in [-0.3, -0.25) is 4.79 Å². The van der Waals surface area contributed by atoms with E-state index in [1.54, 1.807) is 0 Å². The second-order valence-electron chi connectivity index (χ2n) is 5.75. The minimum atomic E-state index is -1.61. The molecule has 1 aliphatic heterocycles. The summed E-state index contributed by atoms with van der Waals surface area (Å²) in [5.41, 5.74) is 0.506. The average Bonchev–Trinajstić information content (AvgIpc) is 2.39. The number of esters is 1. The van der Waals surface area contributed by atoms with Crippen LogP contribution in [0.2, 0.25) is 18.6 Å². The third-order valence-corrected chi connectivity index (χ3v) is 8.73. The van der Waals surface area contributed by atoms with Gasteiger partial charge in [0.25, 0.3) is 0 Å². The molecule has 1 aromatic rings. The van der Waals surface area contributed by atoms with Gasteiger partial charge in [0.2, 0.25) is 0 Å². The molecule has 2 rings (SSSR count). The number of hydrogen-bond acceptors (Lipinski definition) is 2. The molecule has 0 saturated carbocycles. The molecule has 98 valence electrons. The van der Waals surface area contributed by atoms with E-state index in [2.05, 4.69) is 50.3 Å². The van der Waals surface area contributed by atoms with Gasteiger partial charge in [-0.05, 0) is 11.5 Å². The monoisotopic (exact) mass is 262 g/mol. The molecule has 0 unspecified atom stereocenters. The third-order valence-electron chi connectivity index (χ3n) is 4.38. The van der Waals surface area contributed by atoms with Gasteiger partial charge in [-0.1, -0.05) is 62.0 Å². The number of ether oxygens (including phenoxy) is 1. The maximum absolute atomic E-state index is 11.6. The lowest BCUT2D eigenvalue weighted by molar-refractivity contribution is -0.149. The highest BCUT2D eigenvalue weighted by atomic mass is 28.3. The van der Waals surface area contributed by atoms with Crippen molar-refractivity contribution in [3.8, 4) is 0 Å². The van der Waals surface area contributed by atoms with Crippen molar-refractivity contribution in [2.75, 3.05) is 6.61 Å². The van der Waals surface area contributed by atoms with Crippen molar-refractivity contribution in [3.05, 3.63) is 30.3 Å². The van der Waals surface area contributed by atoms with E-state index in [0.717, 1.165) is 6.42 Å². The van der Waals surface area contributed by atoms with Crippen LogP contribution in [-0.4, -0.2) is 20.7 Å². The van der Waals surface area contributed by atoms with Crippen molar-refractivity contribution in [1.82, 2.24) is 0 Å². The van der Waals surface area contributed by atoms with Crippen molar-refractivity contribution < 1.29 is 9.53 Å². The summed E-state index contributed by atoms with van der Waals surface area (Å²) in [6, 6.07) is 10.7. The molecular weight excluding hydrogens is 240 g/mol. The molecule has 0 radical (unpaired) electrons. The number of benzene rings is 1. The zero-order chi connectivity index (χ0) is 13.2. The Labute approximate surface area is 110 Å². The zero-order valence-electron chi connectivity index (χ0n) is 11.5. The van der Waals surface area contributed by atoms with Gasteiger partial charge >= 0.3 is 5.97 Å². The van der Waals surface area contributed by atoms with Gasteiger partial charge < -0.3 is 4.74 Å². The smallest absolute Gasteiger partial charge is 0.305 e. The standard InChI is InChI=1S/C15H22O2Si/c1-4-12-11-17-15(16)10-14(12)18(2,3)13-8-6-5-7-9-13/h5-9,12,14H,4,10-11H2,1-3H3/t12-,14-/m0/s1. The topological polar surface area (TPSA) is 26.3 Å². The molecule has 1 aliphatic rings. The molecule has 1 aromatic carbocycles. The Balaban J connectivity index is 2.29. The zero-order valence-corrected chi connectivity index (χ0v) is 12.5. The lowest BCUT2D eigenvalue weighted by atomic mass is 9.98. The molecule has 3 heteroatoms. The Morgan fingerprint density at radius 1 is 1.28 bits per heavy atom. The number of cyclic esters (lactones) is 1. The molecular formula is C15H22O2Si. The second kappa shape index (κ2) is 5.27. The molecule has 1 heterocycles. The molecule has 0 aromatic heterocycles. The minimum Gasteiger partial charge on any atom is -0.465 e. The maximum atomic E-state index is 11.6. The van der Waals surface area contributed by atoms with Gasteiger partial charge in [0.15, 0.2) is 0 Å². The SMILES string of the molecule is CC[C@H]1COC(=O)C[C@@H]1[Si](C)(C)c1ccccc1. The largest absolute Gasteiger partial charge is 0.465 e. The van der Waals surface area contributed by atoms with Crippen LogP contribution in [0.5, 0.6) is 0 Å². The van der Waals surface area contributed by atoms with Crippen LogP contribution in [0.1, 0.15) is 19.8 Å². The Kier molecular flexibility index (Phi) is 3.90. The van der Waals surface area contributed by atoms with Gasteiger partial charge in [0.1, 0.15) is 0 Å². The Morgan fingerprint density at radius 3 is 2.56 bits per heavy atom. The molecule has 2 nitrogen and oxygen atoms in total. The van der Waals surface area contributed by atoms with Crippen molar-refractivity contribution >= 4 is 19.2 Å². The van der Waals surface area contributed by atoms with Gasteiger partial charge in [0.05, 0.1) is 14.7 Å². The summed E-state index contributed by atoms with van der Waals surface area (Å²) < 4.78 is 5.23. The van der Waals surface area contributed by atoms with Crippen LogP contribution in [0.25, 0.3) is 0 Å². The van der Waals surface area contributed by atoms with E-state index in [4.69, 9.17) is 4.74 Å². The van der Waals surface area contributed by atoms with E-state index in [1.807, 2.05) is 0 Å². The minimum absolute atomic E-state index is 0.0128. The normalized spacial score (nSPS) is 24.7. The number of carbonyl (C=O) groups excluding carboxylic acids is 1. The highest BCUT2D eigenvalue weighted by molar-refractivity contribution is 6.91. The van der Waals surface area contributed by atoms with Crippen LogP contribution in [0.15, 0.2) is 30.3 Å². The van der Waals surface area contributed by atoms with Gasteiger partial charge in [-0.15, -0.1) is 0 Å². The number of rotatable bonds is 3. The lowest BCUT2D eigenvalue weighted by Gasteiger charge is -2.40. The molecule has 18 heavy (non-hydrogen) atoms. The number of hydrogen-bond donors (Lipinski definition) is 0. The van der Waals surface area contributed by atoms with E-state index < -0.39 is 8.07 Å². The van der Waals surface area contributed by atoms with Crippen molar-refractivity contribution in [3.63, 3.8) is 0 Å². The van der Waals surface area contributed by atoms with E-state index in [0.29, 0.717) is 24.5 Å². The summed E-state index contributed by atoms with van der Waals surface area (Å²) >= 11 is 0. The summed E-state index contributed by atoms with van der Waals surface area (Å²) in [7, 11) is -1.61. The van der Waals surface area contributed by atoms with Crippen LogP contribution in [0.3, 0.4) is 0 Å². The fraction of sp³-hybridized carbons (Fsp3) is 0.533. The highest BCUT2D eigenvalue weighted by Gasteiger charge is 2.42. The quantitative estimate of drug-likeness (QED) is 0.618. The second-order valence-corrected chi connectivity index (χ2v) is 10.5. The van der Waals surface area contributed by atoms with E-state index in [9.17, 15) is 4.79 Å². The molecule has 1 fully saturated rings. The van der Waals surface area contributed by atoms with Crippen LogP contribution in [-0.2, 0) is 9.53 Å². The van der Waals surface area contributed by atoms with Crippen molar-refractivity contribution in [2.24, 2.45) is 5.92 Å². The molecule has 0 bridgehead atoms. The molecule has 0 N–H and O–H groups in total. The predicted octanol–water partition coefficient (Wildman–Crippen LogP) is 2.95. The van der Waals surface area contributed by atoms with Crippen LogP contribution in [0.4, 0.5) is 0 Å². The van der Waals surface area contributed by atoms with Gasteiger partial charge in [-0.25, -0.2) is 0 Å². The molecule has 0 amide bonds. The van der Waals surface area contributed by atoms with Crippen molar-refractivity contribution in [2.45, 2.75) is 38.4 Å². The fourth-order valence-corrected chi connectivity index (χ4v) is 6.72. The summed E-state index contributed by atoms with van der Waals surface area (Å²) in [4.78, 5) is 11.6. The Bertz CT molecular complexity index is 414. The molecule has 1 saturated heterocycles. The highest BCUT2D eigenvalue weighted by Crippen LogP contribution is 2.38. The Morgan fingerprint density at radius 2 is 1.94 bits per heavy atom. The molecule has 0 aliphatic carbocycles. The van der Waals surface area contributed by atoms with Crippen LogP contribution < -0.4 is 5.19 Å². The summed E-state index contributed by atoms with van der Waals surface area (Å²) in [5.74, 6) is 0.519. The fourth-order valence-electron chi connectivity index (χ4n) is 3.05. The first-order chi connectivity index (χ1) is 8.55. The predicted molar refractivity (Wildman–Crippen MR) is 76.7 cm³/mol. The van der Waals surface area contributed by atoms with Crippen molar-refractivity contribution in [1.29, 1.82) is 0 Å². The first-order valence-electron chi connectivity index (χ1n) is 6.77. The van der Waals surface area contributed by atoms with Gasteiger partial charge in [0, 0.05) is 6.42 Å². The Hall–Kier alpha value is -1.09. The summed E-state index contributed by atoms with van der Waals surface area (Å²) in [5, 5.41) is 1.45. The summed E-state index contributed by atoms with van der Waals surface area (Å²) in [6.45, 7) is 7.58. The van der Waals surface area contributed by atoms with Gasteiger partial charge in [-0.2, -0.15) is 0 Å². The lowest BCUT2D eigenvalue weighted by Crippen LogP contribution is -2.51. The first kappa shape index (κ1) is 13.3. The van der Waals surface area contributed by atoms with Crippen LogP contribution in [0, 0.1) is 5.92 Å². The summed E-state index contributed by atoms with van der Waals surface area (Å²) in [6.07, 6.45) is 1.70. The van der Waals surface area contributed by atoms with E-state index >= 15 is 0 Å². The average molecular weight is 262 g/mol. The first-order valence-corrected chi connectivity index (χ1v) is 9.84.